The number of thiazole rings is 1. The average molecular weight is 478 g/mol. The van der Waals surface area contributed by atoms with Gasteiger partial charge in [0.2, 0.25) is 0 Å². The SMILES string of the molecule is CSC1CN(c2nc3cc(C)c(CC(=O)O)c(-c4ccc5c6c(ccnc46)CCO5)c3s2)C1. The normalized spacial score (nSPS) is 15.6. The van der Waals surface area contributed by atoms with E-state index in [1.807, 2.05) is 43.1 Å². The number of hydrogen-bond donors (Lipinski definition) is 1. The van der Waals surface area contributed by atoms with Crippen molar-refractivity contribution in [3.8, 4) is 16.9 Å². The number of aryl methyl sites for hydroxylation is 1. The Morgan fingerprint density at radius 1 is 1.33 bits per heavy atom. The number of thioether (sulfide) groups is 1. The highest BCUT2D eigenvalue weighted by atomic mass is 32.2. The fraction of sp³-hybridized carbons (Fsp3) is 0.320. The van der Waals surface area contributed by atoms with Gasteiger partial charge in [-0.2, -0.15) is 11.8 Å². The third-order valence-electron chi connectivity index (χ3n) is 6.62. The number of anilines is 1. The van der Waals surface area contributed by atoms with Crippen molar-refractivity contribution in [1.29, 1.82) is 0 Å². The predicted molar refractivity (Wildman–Crippen MR) is 135 cm³/mol. The van der Waals surface area contributed by atoms with Crippen LogP contribution in [0.1, 0.15) is 16.7 Å². The largest absolute Gasteiger partial charge is 0.493 e. The van der Waals surface area contributed by atoms with Crippen molar-refractivity contribution in [2.24, 2.45) is 0 Å². The molecule has 2 aliphatic heterocycles. The Morgan fingerprint density at radius 2 is 2.18 bits per heavy atom. The summed E-state index contributed by atoms with van der Waals surface area (Å²) < 4.78 is 6.94. The molecule has 0 unspecified atom stereocenters. The molecule has 33 heavy (non-hydrogen) atoms. The van der Waals surface area contributed by atoms with Crippen molar-refractivity contribution in [3.63, 3.8) is 0 Å². The third kappa shape index (κ3) is 3.35. The molecule has 168 valence electrons. The lowest BCUT2D eigenvalue weighted by molar-refractivity contribution is -0.136. The molecular weight excluding hydrogens is 454 g/mol. The molecule has 2 aliphatic rings. The third-order valence-corrected chi connectivity index (χ3v) is 8.73. The minimum atomic E-state index is -0.840. The Balaban J connectivity index is 1.62. The van der Waals surface area contributed by atoms with Gasteiger partial charge in [0.05, 0.1) is 28.8 Å². The first-order valence-electron chi connectivity index (χ1n) is 11.0. The number of ether oxygens (including phenoxy) is 1. The van der Waals surface area contributed by atoms with Crippen LogP contribution in [0.5, 0.6) is 5.75 Å². The van der Waals surface area contributed by atoms with Crippen LogP contribution in [0, 0.1) is 6.92 Å². The zero-order chi connectivity index (χ0) is 22.7. The minimum absolute atomic E-state index is 0.0396. The van der Waals surface area contributed by atoms with Crippen molar-refractivity contribution in [2.75, 3.05) is 30.9 Å². The van der Waals surface area contributed by atoms with Crippen molar-refractivity contribution >= 4 is 55.3 Å². The van der Waals surface area contributed by atoms with E-state index >= 15 is 0 Å². The molecule has 4 aromatic rings. The van der Waals surface area contributed by atoms with Gasteiger partial charge in [-0.15, -0.1) is 0 Å². The predicted octanol–water partition coefficient (Wildman–Crippen LogP) is 4.93. The summed E-state index contributed by atoms with van der Waals surface area (Å²) in [6.45, 7) is 4.64. The Labute approximate surface area is 199 Å². The van der Waals surface area contributed by atoms with Gasteiger partial charge >= 0.3 is 5.97 Å². The van der Waals surface area contributed by atoms with Crippen LogP contribution < -0.4 is 9.64 Å². The highest BCUT2D eigenvalue weighted by Crippen LogP contribution is 2.45. The van der Waals surface area contributed by atoms with Gasteiger partial charge in [-0.05, 0) is 54.1 Å². The van der Waals surface area contributed by atoms with Gasteiger partial charge in [-0.3, -0.25) is 9.78 Å². The molecule has 0 atom stereocenters. The maximum absolute atomic E-state index is 11.8. The van der Waals surface area contributed by atoms with E-state index in [1.54, 1.807) is 11.3 Å². The highest BCUT2D eigenvalue weighted by Gasteiger charge is 2.30. The molecule has 6 rings (SSSR count). The lowest BCUT2D eigenvalue weighted by atomic mass is 9.90. The molecule has 1 saturated heterocycles. The Kier molecular flexibility index (Phi) is 4.96. The summed E-state index contributed by atoms with van der Waals surface area (Å²) >= 11 is 3.55. The molecule has 2 aromatic carbocycles. The minimum Gasteiger partial charge on any atom is -0.493 e. The van der Waals surface area contributed by atoms with Crippen molar-refractivity contribution in [1.82, 2.24) is 9.97 Å². The van der Waals surface area contributed by atoms with E-state index in [4.69, 9.17) is 14.7 Å². The molecule has 1 fully saturated rings. The van der Waals surface area contributed by atoms with E-state index in [2.05, 4.69) is 17.2 Å². The molecule has 1 N–H and O–H groups in total. The Bertz CT molecular complexity index is 1420. The van der Waals surface area contributed by atoms with E-state index in [1.165, 1.54) is 5.56 Å². The van der Waals surface area contributed by atoms with Gasteiger partial charge in [0.1, 0.15) is 5.75 Å². The number of nitrogens with zero attached hydrogens (tertiary/aromatic N) is 3. The maximum atomic E-state index is 11.8. The van der Waals surface area contributed by atoms with Crippen molar-refractivity contribution in [2.45, 2.75) is 25.0 Å². The summed E-state index contributed by atoms with van der Waals surface area (Å²) in [7, 11) is 0. The van der Waals surface area contributed by atoms with Crippen LogP contribution in [0.25, 0.3) is 32.2 Å². The smallest absolute Gasteiger partial charge is 0.307 e. The van der Waals surface area contributed by atoms with E-state index < -0.39 is 5.97 Å². The number of aromatic nitrogens is 2. The summed E-state index contributed by atoms with van der Waals surface area (Å²) in [5, 5.41) is 12.4. The van der Waals surface area contributed by atoms with Crippen LogP contribution in [-0.2, 0) is 17.6 Å². The topological polar surface area (TPSA) is 75.6 Å². The first-order chi connectivity index (χ1) is 16.0. The molecule has 0 bridgehead atoms. The number of carboxylic acid groups (broad SMARTS) is 1. The number of aliphatic carboxylic acids is 1. The molecule has 0 radical (unpaired) electrons. The number of fused-ring (bicyclic) bond motifs is 1. The number of carbonyl (C=O) groups is 1. The lowest BCUT2D eigenvalue weighted by Crippen LogP contribution is -2.48. The lowest BCUT2D eigenvalue weighted by Gasteiger charge is -2.37. The van der Waals surface area contributed by atoms with Gasteiger partial charge in [0, 0.05) is 47.5 Å². The van der Waals surface area contributed by atoms with Crippen LogP contribution in [0.2, 0.25) is 0 Å². The van der Waals surface area contributed by atoms with Crippen LogP contribution in [0.4, 0.5) is 5.13 Å². The average Bonchev–Trinajstić information content (AvgIpc) is 3.17. The monoisotopic (exact) mass is 477 g/mol. The number of pyridine rings is 1. The molecule has 0 saturated carbocycles. The second-order valence-electron chi connectivity index (χ2n) is 8.63. The second-order valence-corrected chi connectivity index (χ2v) is 10.7. The standard InChI is InChI=1S/C25H23N3O3S2/c1-13-9-18-24(33-25(27-18)28-11-15(12-28)32-2)22(17(13)10-20(29)30)16-3-4-19-21-14(6-8-31-19)5-7-26-23(16)21/h3-5,7,9,15H,6,8,10-12H2,1-2H3,(H,29,30). The van der Waals surface area contributed by atoms with E-state index in [-0.39, 0.29) is 6.42 Å². The van der Waals surface area contributed by atoms with Gasteiger partial charge < -0.3 is 14.7 Å². The summed E-state index contributed by atoms with van der Waals surface area (Å²) in [6.07, 6.45) is 4.80. The fourth-order valence-corrected chi connectivity index (χ4v) is 6.68. The van der Waals surface area contributed by atoms with Crippen LogP contribution in [-0.4, -0.2) is 52.2 Å². The molecule has 0 amide bonds. The Hall–Kier alpha value is -2.84. The van der Waals surface area contributed by atoms with Gasteiger partial charge in [-0.25, -0.2) is 4.98 Å². The van der Waals surface area contributed by atoms with E-state index in [9.17, 15) is 9.90 Å². The van der Waals surface area contributed by atoms with Crippen molar-refractivity contribution in [3.05, 3.63) is 47.2 Å². The molecule has 2 aromatic heterocycles. The quantitative estimate of drug-likeness (QED) is 0.437. The van der Waals surface area contributed by atoms with Crippen LogP contribution >= 0.6 is 23.1 Å². The van der Waals surface area contributed by atoms with Gasteiger partial charge in [-0.1, -0.05) is 11.3 Å². The van der Waals surface area contributed by atoms with E-state index in [0.29, 0.717) is 11.9 Å². The van der Waals surface area contributed by atoms with E-state index in [0.717, 1.165) is 73.8 Å². The fourth-order valence-electron chi connectivity index (χ4n) is 4.87. The highest BCUT2D eigenvalue weighted by molar-refractivity contribution is 7.99. The number of rotatable bonds is 5. The summed E-state index contributed by atoms with van der Waals surface area (Å²) in [5.74, 6) is 0.00785. The van der Waals surface area contributed by atoms with Crippen LogP contribution in [0.3, 0.4) is 0 Å². The van der Waals surface area contributed by atoms with Crippen molar-refractivity contribution < 1.29 is 14.6 Å². The number of hydrogen-bond acceptors (Lipinski definition) is 7. The number of carboxylic acids is 1. The zero-order valence-electron chi connectivity index (χ0n) is 18.4. The summed E-state index contributed by atoms with van der Waals surface area (Å²) in [4.78, 5) is 23.9. The molecule has 0 aliphatic carbocycles. The number of benzene rings is 2. The molecule has 0 spiro atoms. The van der Waals surface area contributed by atoms with Gasteiger partial charge in [0.25, 0.3) is 0 Å². The first-order valence-corrected chi connectivity index (χ1v) is 13.1. The van der Waals surface area contributed by atoms with Crippen LogP contribution in [0.15, 0.2) is 30.5 Å². The molecule has 6 nitrogen and oxygen atoms in total. The first kappa shape index (κ1) is 20.7. The summed E-state index contributed by atoms with van der Waals surface area (Å²) in [6, 6.07) is 8.12. The molecule has 8 heteroatoms. The summed E-state index contributed by atoms with van der Waals surface area (Å²) in [5.41, 5.74) is 6.67. The second kappa shape index (κ2) is 7.88. The Morgan fingerprint density at radius 3 is 2.97 bits per heavy atom. The molecular formula is C25H23N3O3S2. The zero-order valence-corrected chi connectivity index (χ0v) is 20.1. The maximum Gasteiger partial charge on any atom is 0.307 e. The molecule has 4 heterocycles. The van der Waals surface area contributed by atoms with Gasteiger partial charge in [0.15, 0.2) is 5.13 Å².